The number of fused-ring (bicyclic) bond motifs is 1. The SMILES string of the molecule is CCN(C)C(=O)CN1C(=O)COc2ccc(C(=O)COc3c(C)cc(C)cc3C)cc21. The summed E-state index contributed by atoms with van der Waals surface area (Å²) in [6, 6.07) is 8.91. The van der Waals surface area contributed by atoms with Crippen LogP contribution in [-0.2, 0) is 9.59 Å². The van der Waals surface area contributed by atoms with Crippen LogP contribution in [-0.4, -0.2) is 55.8 Å². The third kappa shape index (κ3) is 4.87. The molecule has 0 bridgehead atoms. The maximum absolute atomic E-state index is 12.8. The van der Waals surface area contributed by atoms with E-state index in [1.165, 1.54) is 9.80 Å². The number of hydrogen-bond acceptors (Lipinski definition) is 5. The number of benzene rings is 2. The third-order valence-corrected chi connectivity index (χ3v) is 5.37. The number of rotatable bonds is 7. The molecule has 2 aromatic rings. The van der Waals surface area contributed by atoms with Gasteiger partial charge in [-0.25, -0.2) is 0 Å². The van der Waals surface area contributed by atoms with Crippen LogP contribution in [0.1, 0.15) is 34.0 Å². The topological polar surface area (TPSA) is 76.2 Å². The first-order chi connectivity index (χ1) is 14.7. The van der Waals surface area contributed by atoms with Crippen LogP contribution in [0.4, 0.5) is 5.69 Å². The smallest absolute Gasteiger partial charge is 0.265 e. The van der Waals surface area contributed by atoms with Crippen LogP contribution in [0, 0.1) is 20.8 Å². The first-order valence-electron chi connectivity index (χ1n) is 10.3. The maximum Gasteiger partial charge on any atom is 0.265 e. The number of carbonyl (C=O) groups excluding carboxylic acids is 3. The lowest BCUT2D eigenvalue weighted by Crippen LogP contribution is -2.45. The molecular formula is C24H28N2O5. The summed E-state index contributed by atoms with van der Waals surface area (Å²) >= 11 is 0. The molecule has 1 aliphatic heterocycles. The minimum Gasteiger partial charge on any atom is -0.485 e. The number of likely N-dealkylation sites (N-methyl/N-ethyl adjacent to an activating group) is 1. The van der Waals surface area contributed by atoms with E-state index in [0.717, 1.165) is 16.7 Å². The van der Waals surface area contributed by atoms with Gasteiger partial charge in [0, 0.05) is 19.2 Å². The summed E-state index contributed by atoms with van der Waals surface area (Å²) in [5, 5.41) is 0. The van der Waals surface area contributed by atoms with Crippen molar-refractivity contribution < 1.29 is 23.9 Å². The normalized spacial score (nSPS) is 12.8. The number of aryl methyl sites for hydroxylation is 3. The predicted molar refractivity (Wildman–Crippen MR) is 118 cm³/mol. The Morgan fingerprint density at radius 2 is 1.81 bits per heavy atom. The molecular weight excluding hydrogens is 396 g/mol. The van der Waals surface area contributed by atoms with Crippen LogP contribution >= 0.6 is 0 Å². The number of anilines is 1. The van der Waals surface area contributed by atoms with E-state index in [2.05, 4.69) is 0 Å². The van der Waals surface area contributed by atoms with Crippen LogP contribution < -0.4 is 14.4 Å². The van der Waals surface area contributed by atoms with Crippen LogP contribution in [0.3, 0.4) is 0 Å². The molecule has 0 radical (unpaired) electrons. The van der Waals surface area contributed by atoms with Gasteiger partial charge in [-0.2, -0.15) is 0 Å². The average Bonchev–Trinajstić information content (AvgIpc) is 2.73. The van der Waals surface area contributed by atoms with Gasteiger partial charge in [0.05, 0.1) is 5.69 Å². The fourth-order valence-corrected chi connectivity index (χ4v) is 3.60. The first-order valence-corrected chi connectivity index (χ1v) is 10.3. The molecule has 2 amide bonds. The summed E-state index contributed by atoms with van der Waals surface area (Å²) < 4.78 is 11.3. The van der Waals surface area contributed by atoms with Gasteiger partial charge in [-0.3, -0.25) is 19.3 Å². The van der Waals surface area contributed by atoms with E-state index in [4.69, 9.17) is 9.47 Å². The van der Waals surface area contributed by atoms with Gasteiger partial charge in [-0.15, -0.1) is 0 Å². The van der Waals surface area contributed by atoms with Gasteiger partial charge in [-0.1, -0.05) is 17.7 Å². The zero-order valence-electron chi connectivity index (χ0n) is 18.7. The molecule has 0 spiro atoms. The fraction of sp³-hybridized carbons (Fsp3) is 0.375. The lowest BCUT2D eigenvalue weighted by atomic mass is 10.1. The zero-order valence-corrected chi connectivity index (χ0v) is 18.7. The molecule has 7 heteroatoms. The number of nitrogens with zero attached hydrogens (tertiary/aromatic N) is 2. The Labute approximate surface area is 182 Å². The maximum atomic E-state index is 12.8. The lowest BCUT2D eigenvalue weighted by molar-refractivity contribution is -0.130. The molecule has 0 aromatic heterocycles. The minimum atomic E-state index is -0.322. The van der Waals surface area contributed by atoms with Crippen LogP contribution in [0.15, 0.2) is 30.3 Å². The van der Waals surface area contributed by atoms with Crippen molar-refractivity contribution in [1.29, 1.82) is 0 Å². The number of Topliss-reactive ketones (excluding diaryl/α,β-unsaturated/α-hetero) is 1. The quantitative estimate of drug-likeness (QED) is 0.639. The Morgan fingerprint density at radius 3 is 2.45 bits per heavy atom. The van der Waals surface area contributed by atoms with E-state index in [0.29, 0.717) is 29.3 Å². The first kappa shape index (κ1) is 22.3. The molecule has 1 heterocycles. The third-order valence-electron chi connectivity index (χ3n) is 5.37. The Hall–Kier alpha value is -3.35. The average molecular weight is 424 g/mol. The molecule has 0 saturated carbocycles. The number of hydrogen-bond donors (Lipinski definition) is 0. The minimum absolute atomic E-state index is 0.102. The second kappa shape index (κ2) is 9.20. The molecule has 0 unspecified atom stereocenters. The molecule has 7 nitrogen and oxygen atoms in total. The molecule has 1 aliphatic rings. The van der Waals surface area contributed by atoms with Crippen molar-refractivity contribution in [1.82, 2.24) is 4.90 Å². The Bertz CT molecular complexity index is 1010. The van der Waals surface area contributed by atoms with E-state index in [-0.39, 0.29) is 37.4 Å². The molecule has 0 N–H and O–H groups in total. The van der Waals surface area contributed by atoms with E-state index in [1.54, 1.807) is 25.2 Å². The molecule has 0 fully saturated rings. The van der Waals surface area contributed by atoms with E-state index >= 15 is 0 Å². The Balaban J connectivity index is 1.80. The van der Waals surface area contributed by atoms with Crippen molar-refractivity contribution in [2.24, 2.45) is 0 Å². The highest BCUT2D eigenvalue weighted by Crippen LogP contribution is 2.33. The molecule has 2 aromatic carbocycles. The van der Waals surface area contributed by atoms with E-state index in [9.17, 15) is 14.4 Å². The van der Waals surface area contributed by atoms with Crippen molar-refractivity contribution >= 4 is 23.3 Å². The second-order valence-electron chi connectivity index (χ2n) is 7.80. The predicted octanol–water partition coefficient (Wildman–Crippen LogP) is 3.08. The number of amides is 2. The van der Waals surface area contributed by atoms with Crippen molar-refractivity contribution in [2.45, 2.75) is 27.7 Å². The van der Waals surface area contributed by atoms with E-state index in [1.807, 2.05) is 39.8 Å². The molecule has 164 valence electrons. The van der Waals surface area contributed by atoms with Crippen LogP contribution in [0.25, 0.3) is 0 Å². The standard InChI is InChI=1S/C24H28N2O5/c1-6-25(5)22(28)12-26-19-11-18(7-8-21(19)30-14-23(26)29)20(27)13-31-24-16(3)9-15(2)10-17(24)4/h7-11H,6,12-14H2,1-5H3. The zero-order chi connectivity index (χ0) is 22.7. The van der Waals surface area contributed by atoms with Crippen LogP contribution in [0.5, 0.6) is 11.5 Å². The van der Waals surface area contributed by atoms with Crippen LogP contribution in [0.2, 0.25) is 0 Å². The van der Waals surface area contributed by atoms with Crippen molar-refractivity contribution in [2.75, 3.05) is 38.3 Å². The van der Waals surface area contributed by atoms with Crippen molar-refractivity contribution in [3.8, 4) is 11.5 Å². The largest absolute Gasteiger partial charge is 0.485 e. The molecule has 0 atom stereocenters. The molecule has 31 heavy (non-hydrogen) atoms. The highest BCUT2D eigenvalue weighted by Gasteiger charge is 2.29. The summed E-state index contributed by atoms with van der Waals surface area (Å²) in [4.78, 5) is 40.5. The molecule has 0 aliphatic carbocycles. The highest BCUT2D eigenvalue weighted by atomic mass is 16.5. The summed E-state index contributed by atoms with van der Waals surface area (Å²) in [6.45, 7) is 7.94. The fourth-order valence-electron chi connectivity index (χ4n) is 3.60. The van der Waals surface area contributed by atoms with Gasteiger partial charge in [0.2, 0.25) is 5.91 Å². The molecule has 0 saturated heterocycles. The van der Waals surface area contributed by atoms with Gasteiger partial charge < -0.3 is 14.4 Å². The lowest BCUT2D eigenvalue weighted by Gasteiger charge is -2.30. The summed E-state index contributed by atoms with van der Waals surface area (Å²) in [6.07, 6.45) is 0. The van der Waals surface area contributed by atoms with Gasteiger partial charge >= 0.3 is 0 Å². The summed E-state index contributed by atoms with van der Waals surface area (Å²) in [7, 11) is 1.68. The van der Waals surface area contributed by atoms with Gasteiger partial charge in [0.1, 0.15) is 18.0 Å². The molecule has 3 rings (SSSR count). The Kier molecular flexibility index (Phi) is 6.63. The second-order valence-corrected chi connectivity index (χ2v) is 7.80. The van der Waals surface area contributed by atoms with E-state index < -0.39 is 0 Å². The summed E-state index contributed by atoms with van der Waals surface area (Å²) in [5.41, 5.74) is 3.89. The highest BCUT2D eigenvalue weighted by molar-refractivity contribution is 6.04. The van der Waals surface area contributed by atoms with Gasteiger partial charge in [0.15, 0.2) is 19.0 Å². The van der Waals surface area contributed by atoms with Crippen molar-refractivity contribution in [3.63, 3.8) is 0 Å². The Morgan fingerprint density at radius 1 is 1.13 bits per heavy atom. The van der Waals surface area contributed by atoms with Gasteiger partial charge in [0.25, 0.3) is 5.91 Å². The van der Waals surface area contributed by atoms with Gasteiger partial charge in [-0.05, 0) is 57.0 Å². The van der Waals surface area contributed by atoms with Crippen molar-refractivity contribution in [3.05, 3.63) is 52.6 Å². The number of ketones is 1. The summed E-state index contributed by atoms with van der Waals surface area (Å²) in [5.74, 6) is 0.433. The number of carbonyl (C=O) groups is 3. The monoisotopic (exact) mass is 424 g/mol. The number of ether oxygens (including phenoxy) is 2.